The van der Waals surface area contributed by atoms with Crippen molar-refractivity contribution >= 4 is 34.0 Å². The zero-order chi connectivity index (χ0) is 8.27. The fraction of sp³-hybridized carbons (Fsp3) is 0.250. The highest BCUT2D eigenvalue weighted by atomic mass is 79.9. The predicted molar refractivity (Wildman–Crippen MR) is 58.9 cm³/mol. The molecule has 0 aliphatic carbocycles. The Bertz CT molecular complexity index is 242. The fourth-order valence-electron chi connectivity index (χ4n) is 0.814. The SMILES string of the molecule is CNN(C)c1cccc(Br)c1.Cl. The summed E-state index contributed by atoms with van der Waals surface area (Å²) in [7, 11) is 3.86. The topological polar surface area (TPSA) is 15.3 Å². The van der Waals surface area contributed by atoms with Crippen LogP contribution in [0.15, 0.2) is 28.7 Å². The smallest absolute Gasteiger partial charge is 0.0527 e. The lowest BCUT2D eigenvalue weighted by Crippen LogP contribution is -2.30. The van der Waals surface area contributed by atoms with E-state index in [1.54, 1.807) is 0 Å². The molecule has 0 atom stereocenters. The van der Waals surface area contributed by atoms with Crippen LogP contribution in [-0.4, -0.2) is 14.1 Å². The molecule has 1 aromatic rings. The van der Waals surface area contributed by atoms with Crippen LogP contribution in [0, 0.1) is 0 Å². The molecule has 0 aromatic heterocycles. The van der Waals surface area contributed by atoms with Crippen LogP contribution in [0.2, 0.25) is 0 Å². The van der Waals surface area contributed by atoms with E-state index in [-0.39, 0.29) is 12.4 Å². The van der Waals surface area contributed by atoms with Gasteiger partial charge in [-0.05, 0) is 18.2 Å². The Kier molecular flexibility index (Phi) is 5.29. The van der Waals surface area contributed by atoms with Crippen molar-refractivity contribution in [2.24, 2.45) is 0 Å². The Morgan fingerprint density at radius 2 is 2.08 bits per heavy atom. The van der Waals surface area contributed by atoms with Crippen molar-refractivity contribution < 1.29 is 0 Å². The molecule has 0 aliphatic heterocycles. The average molecular weight is 252 g/mol. The molecule has 0 bridgehead atoms. The van der Waals surface area contributed by atoms with Crippen LogP contribution < -0.4 is 10.4 Å². The monoisotopic (exact) mass is 250 g/mol. The van der Waals surface area contributed by atoms with Crippen LogP contribution in [0.3, 0.4) is 0 Å². The number of hydrogen-bond donors (Lipinski definition) is 1. The van der Waals surface area contributed by atoms with Gasteiger partial charge >= 0.3 is 0 Å². The van der Waals surface area contributed by atoms with Crippen LogP contribution >= 0.6 is 28.3 Å². The molecule has 12 heavy (non-hydrogen) atoms. The second kappa shape index (κ2) is 5.41. The molecule has 0 saturated heterocycles. The largest absolute Gasteiger partial charge is 0.312 e. The summed E-state index contributed by atoms with van der Waals surface area (Å²) in [5.41, 5.74) is 4.16. The molecule has 0 radical (unpaired) electrons. The van der Waals surface area contributed by atoms with Gasteiger partial charge in [0.05, 0.1) is 5.69 Å². The van der Waals surface area contributed by atoms with Crippen LogP contribution in [0.5, 0.6) is 0 Å². The molecular weight excluding hydrogens is 239 g/mol. The van der Waals surface area contributed by atoms with Gasteiger partial charge in [-0.1, -0.05) is 22.0 Å². The summed E-state index contributed by atoms with van der Waals surface area (Å²) in [5, 5.41) is 1.95. The van der Waals surface area contributed by atoms with E-state index in [9.17, 15) is 0 Å². The van der Waals surface area contributed by atoms with Crippen LogP contribution in [0.1, 0.15) is 0 Å². The normalized spacial score (nSPS) is 8.92. The molecule has 68 valence electrons. The molecule has 0 fully saturated rings. The van der Waals surface area contributed by atoms with Gasteiger partial charge in [0.15, 0.2) is 0 Å². The first-order valence-corrected chi connectivity index (χ1v) is 4.20. The van der Waals surface area contributed by atoms with Crippen molar-refractivity contribution in [3.05, 3.63) is 28.7 Å². The quantitative estimate of drug-likeness (QED) is 0.812. The van der Waals surface area contributed by atoms with Gasteiger partial charge in [-0.15, -0.1) is 12.4 Å². The molecule has 4 heteroatoms. The van der Waals surface area contributed by atoms with Crippen molar-refractivity contribution in [3.8, 4) is 0 Å². The highest BCUT2D eigenvalue weighted by molar-refractivity contribution is 9.10. The molecule has 0 saturated carbocycles. The van der Waals surface area contributed by atoms with Crippen molar-refractivity contribution in [1.82, 2.24) is 5.43 Å². The van der Waals surface area contributed by atoms with E-state index in [1.165, 1.54) is 0 Å². The number of hydrazine groups is 1. The van der Waals surface area contributed by atoms with Crippen LogP contribution in [0.4, 0.5) is 5.69 Å². The van der Waals surface area contributed by atoms with Crippen molar-refractivity contribution in [2.75, 3.05) is 19.1 Å². The third kappa shape index (κ3) is 3.01. The maximum atomic E-state index is 3.41. The molecular formula is C8H12BrClN2. The first-order chi connectivity index (χ1) is 5.24. The van der Waals surface area contributed by atoms with Gasteiger partial charge in [0.2, 0.25) is 0 Å². The second-order valence-corrected chi connectivity index (χ2v) is 3.18. The minimum Gasteiger partial charge on any atom is -0.312 e. The Morgan fingerprint density at radius 1 is 1.42 bits per heavy atom. The number of halogens is 2. The Balaban J connectivity index is 0.00000121. The van der Waals surface area contributed by atoms with Gasteiger partial charge in [-0.2, -0.15) is 0 Å². The molecule has 0 spiro atoms. The zero-order valence-electron chi connectivity index (χ0n) is 7.04. The fourth-order valence-corrected chi connectivity index (χ4v) is 1.20. The van der Waals surface area contributed by atoms with Gasteiger partial charge in [0.1, 0.15) is 0 Å². The van der Waals surface area contributed by atoms with Crippen LogP contribution in [0.25, 0.3) is 0 Å². The zero-order valence-corrected chi connectivity index (χ0v) is 9.45. The molecule has 0 heterocycles. The molecule has 1 aromatic carbocycles. The minimum absolute atomic E-state index is 0. The molecule has 1 rings (SSSR count). The first kappa shape index (κ1) is 11.8. The highest BCUT2D eigenvalue weighted by Crippen LogP contribution is 2.17. The summed E-state index contributed by atoms with van der Waals surface area (Å²) in [4.78, 5) is 0. The number of anilines is 1. The molecule has 2 nitrogen and oxygen atoms in total. The summed E-state index contributed by atoms with van der Waals surface area (Å²) in [6.07, 6.45) is 0. The second-order valence-electron chi connectivity index (χ2n) is 2.26. The van der Waals surface area contributed by atoms with E-state index in [0.29, 0.717) is 0 Å². The van der Waals surface area contributed by atoms with E-state index in [1.807, 2.05) is 37.3 Å². The molecule has 0 amide bonds. The van der Waals surface area contributed by atoms with E-state index in [2.05, 4.69) is 27.4 Å². The Hall–Kier alpha value is -0.250. The van der Waals surface area contributed by atoms with E-state index in [4.69, 9.17) is 0 Å². The van der Waals surface area contributed by atoms with Gasteiger partial charge in [0.25, 0.3) is 0 Å². The Morgan fingerprint density at radius 3 is 2.58 bits per heavy atom. The Labute approximate surface area is 87.5 Å². The third-order valence-electron chi connectivity index (χ3n) is 1.53. The van der Waals surface area contributed by atoms with Gasteiger partial charge in [-0.25, -0.2) is 5.43 Å². The van der Waals surface area contributed by atoms with Crippen molar-refractivity contribution in [1.29, 1.82) is 0 Å². The lowest BCUT2D eigenvalue weighted by molar-refractivity contribution is 0.791. The number of benzene rings is 1. The number of hydrogen-bond acceptors (Lipinski definition) is 2. The maximum Gasteiger partial charge on any atom is 0.0527 e. The minimum atomic E-state index is 0. The summed E-state index contributed by atoms with van der Waals surface area (Å²) >= 11 is 3.41. The van der Waals surface area contributed by atoms with Crippen molar-refractivity contribution in [2.45, 2.75) is 0 Å². The number of rotatable bonds is 2. The van der Waals surface area contributed by atoms with Crippen LogP contribution in [-0.2, 0) is 0 Å². The maximum absolute atomic E-state index is 3.41. The lowest BCUT2D eigenvalue weighted by Gasteiger charge is -2.17. The summed E-state index contributed by atoms with van der Waals surface area (Å²) in [6.45, 7) is 0. The predicted octanol–water partition coefficient (Wildman–Crippen LogP) is 2.44. The van der Waals surface area contributed by atoms with Crippen molar-refractivity contribution in [3.63, 3.8) is 0 Å². The summed E-state index contributed by atoms with van der Waals surface area (Å²) < 4.78 is 1.09. The number of nitrogens with zero attached hydrogens (tertiary/aromatic N) is 1. The lowest BCUT2D eigenvalue weighted by atomic mass is 10.3. The van der Waals surface area contributed by atoms with Gasteiger partial charge < -0.3 is 5.01 Å². The average Bonchev–Trinajstić information content (AvgIpc) is 2.03. The highest BCUT2D eigenvalue weighted by Gasteiger charge is 1.96. The summed E-state index contributed by atoms with van der Waals surface area (Å²) in [5.74, 6) is 0. The summed E-state index contributed by atoms with van der Waals surface area (Å²) in [6, 6.07) is 8.11. The van der Waals surface area contributed by atoms with E-state index >= 15 is 0 Å². The van der Waals surface area contributed by atoms with E-state index < -0.39 is 0 Å². The van der Waals surface area contributed by atoms with E-state index in [0.717, 1.165) is 10.2 Å². The first-order valence-electron chi connectivity index (χ1n) is 3.40. The number of nitrogens with one attached hydrogen (secondary N) is 1. The third-order valence-corrected chi connectivity index (χ3v) is 2.02. The molecule has 0 aliphatic rings. The van der Waals surface area contributed by atoms with Gasteiger partial charge in [-0.3, -0.25) is 0 Å². The standard InChI is InChI=1S/C8H11BrN2.ClH/c1-10-11(2)8-5-3-4-7(9)6-8;/h3-6,10H,1-2H3;1H. The molecule has 1 N–H and O–H groups in total. The van der Waals surface area contributed by atoms with Gasteiger partial charge in [0, 0.05) is 18.6 Å². The molecule has 0 unspecified atom stereocenters.